The maximum atomic E-state index is 15.2. The molecule has 6 rings (SSSR count). The number of rotatable bonds is 6. The Hall–Kier alpha value is -5.22. The lowest BCUT2D eigenvalue weighted by molar-refractivity contribution is -0.143. The summed E-state index contributed by atoms with van der Waals surface area (Å²) in [5, 5.41) is 12.3. The molecule has 2 atom stereocenters. The maximum Gasteiger partial charge on any atom is 0.416 e. The number of aromatic carboxylic acids is 1. The number of aliphatic imine (C=N–C) groups is 1. The molecule has 8 nitrogen and oxygen atoms in total. The summed E-state index contributed by atoms with van der Waals surface area (Å²) < 4.78 is 130. The fourth-order valence-corrected chi connectivity index (χ4v) is 6.23. The number of likely N-dealkylation sites (tertiary alicyclic amines) is 1. The van der Waals surface area contributed by atoms with Crippen LogP contribution in [0.15, 0.2) is 65.3 Å². The topological polar surface area (TPSA) is 94.5 Å². The van der Waals surface area contributed by atoms with Gasteiger partial charge in [-0.2, -0.15) is 26.3 Å². The second-order valence-electron chi connectivity index (χ2n) is 12.5. The lowest BCUT2D eigenvalue weighted by Crippen LogP contribution is -2.62. The summed E-state index contributed by atoms with van der Waals surface area (Å²) in [7, 11) is 0. The van der Waals surface area contributed by atoms with Gasteiger partial charge in [-0.25, -0.2) is 27.8 Å². The van der Waals surface area contributed by atoms with E-state index in [-0.39, 0.29) is 41.9 Å². The van der Waals surface area contributed by atoms with Crippen molar-refractivity contribution in [2.24, 2.45) is 4.99 Å². The van der Waals surface area contributed by atoms with Crippen LogP contribution in [0.25, 0.3) is 16.7 Å². The number of benzene rings is 3. The Morgan fingerprint density at radius 2 is 1.63 bits per heavy atom. The summed E-state index contributed by atoms with van der Waals surface area (Å²) in [5.41, 5.74) is -1.87. The van der Waals surface area contributed by atoms with E-state index in [0.29, 0.717) is 34.4 Å². The Morgan fingerprint density at radius 3 is 2.20 bits per heavy atom. The maximum absolute atomic E-state index is 15.2. The van der Waals surface area contributed by atoms with Crippen molar-refractivity contribution in [1.29, 1.82) is 0 Å². The van der Waals surface area contributed by atoms with E-state index in [1.807, 2.05) is 0 Å². The fourth-order valence-electron chi connectivity index (χ4n) is 6.23. The Labute approximate surface area is 283 Å². The average molecular weight is 727 g/mol. The number of guanidine groups is 1. The number of carboxylic acid groups (broad SMARTS) is 1. The summed E-state index contributed by atoms with van der Waals surface area (Å²) in [6, 6.07) is 7.95. The standard InChI is InChI=1S/C34H27F9N4O4/c1-16-7-19(29(48)49)3-5-23(16)24-10-18(4-6-26(24)35)25-12-44-30(46-14-32(36,37)15-46)45-27(25)13-47-17(2)28(51-31(47)50)20-8-21(33(38,39)40)11-22(9-20)34(41,42)43/h3-11,17,28H,12-15H2,1-2H3,(H,44,45)(H,48,49)/t17-,28-/m0/s1. The number of carbonyl (C=O) groups is 2. The van der Waals surface area contributed by atoms with Crippen molar-refractivity contribution in [1.82, 2.24) is 15.1 Å². The van der Waals surface area contributed by atoms with Crippen LogP contribution in [0, 0.1) is 12.7 Å². The number of nitrogens with zero attached hydrogens (tertiary/aromatic N) is 3. The van der Waals surface area contributed by atoms with Crippen LogP contribution in [0.5, 0.6) is 0 Å². The monoisotopic (exact) mass is 726 g/mol. The van der Waals surface area contributed by atoms with Crippen LogP contribution in [0.2, 0.25) is 0 Å². The minimum Gasteiger partial charge on any atom is -0.478 e. The molecular formula is C34H27F9N4O4. The van der Waals surface area contributed by atoms with E-state index in [4.69, 9.17) is 4.74 Å². The summed E-state index contributed by atoms with van der Waals surface area (Å²) in [4.78, 5) is 31.3. The van der Waals surface area contributed by atoms with Crippen molar-refractivity contribution < 1.29 is 58.9 Å². The molecule has 3 aliphatic heterocycles. The zero-order valence-electron chi connectivity index (χ0n) is 26.6. The molecule has 0 unspecified atom stereocenters. The lowest BCUT2D eigenvalue weighted by Gasteiger charge is -2.42. The van der Waals surface area contributed by atoms with Gasteiger partial charge in [-0.3, -0.25) is 4.90 Å². The highest BCUT2D eigenvalue weighted by molar-refractivity contribution is 5.91. The molecule has 0 bridgehead atoms. The van der Waals surface area contributed by atoms with E-state index in [2.05, 4.69) is 10.3 Å². The Bertz CT molecular complexity index is 1950. The number of carboxylic acids is 1. The number of hydrogen-bond acceptors (Lipinski definition) is 6. The highest BCUT2D eigenvalue weighted by atomic mass is 19.4. The van der Waals surface area contributed by atoms with Gasteiger partial charge in [0.1, 0.15) is 11.9 Å². The molecule has 0 aromatic heterocycles. The Balaban J connectivity index is 1.37. The molecule has 270 valence electrons. The quantitative estimate of drug-likeness (QED) is 0.253. The third-order valence-electron chi connectivity index (χ3n) is 8.90. The predicted octanol–water partition coefficient (Wildman–Crippen LogP) is 7.74. The van der Waals surface area contributed by atoms with E-state index in [1.165, 1.54) is 42.2 Å². The number of aryl methyl sites for hydroxylation is 1. The first-order valence-corrected chi connectivity index (χ1v) is 15.3. The number of amides is 1. The van der Waals surface area contributed by atoms with E-state index in [9.17, 15) is 49.8 Å². The average Bonchev–Trinajstić information content (AvgIpc) is 3.31. The summed E-state index contributed by atoms with van der Waals surface area (Å²) in [5.74, 6) is -4.77. The van der Waals surface area contributed by atoms with Crippen molar-refractivity contribution in [3.8, 4) is 11.1 Å². The number of nitrogens with one attached hydrogen (secondary N) is 1. The second-order valence-corrected chi connectivity index (χ2v) is 12.5. The molecule has 3 heterocycles. The smallest absolute Gasteiger partial charge is 0.416 e. The molecule has 1 amide bonds. The molecule has 2 saturated heterocycles. The Morgan fingerprint density at radius 1 is 0.980 bits per heavy atom. The van der Waals surface area contributed by atoms with Gasteiger partial charge in [0.15, 0.2) is 5.96 Å². The fraction of sp³-hybridized carbons (Fsp3) is 0.324. The SMILES string of the molecule is Cc1cc(C(=O)O)ccc1-c1cc(C2=C(CN3C(=O)O[C@H](c4cc(C(F)(F)F)cc(C(F)(F)F)c4)[C@@H]3C)NC(N3CC(F)(F)C3)=NC2)ccc1F. The third kappa shape index (κ3) is 7.05. The minimum atomic E-state index is -5.14. The van der Waals surface area contributed by atoms with Crippen molar-refractivity contribution in [3.63, 3.8) is 0 Å². The van der Waals surface area contributed by atoms with Gasteiger partial charge in [0.25, 0.3) is 5.92 Å². The zero-order valence-corrected chi connectivity index (χ0v) is 26.6. The molecule has 0 aliphatic carbocycles. The molecule has 0 spiro atoms. The largest absolute Gasteiger partial charge is 0.478 e. The van der Waals surface area contributed by atoms with E-state index < -0.39 is 78.1 Å². The first-order valence-electron chi connectivity index (χ1n) is 15.3. The van der Waals surface area contributed by atoms with Crippen LogP contribution in [-0.4, -0.2) is 71.1 Å². The van der Waals surface area contributed by atoms with Crippen molar-refractivity contribution in [2.45, 2.75) is 44.3 Å². The number of ether oxygens (including phenoxy) is 1. The van der Waals surface area contributed by atoms with Crippen LogP contribution in [0.4, 0.5) is 44.3 Å². The number of carbonyl (C=O) groups excluding carboxylic acids is 1. The van der Waals surface area contributed by atoms with Crippen LogP contribution < -0.4 is 5.32 Å². The number of halogens is 9. The highest BCUT2D eigenvalue weighted by Crippen LogP contribution is 2.41. The molecule has 0 radical (unpaired) electrons. The van der Waals surface area contributed by atoms with Crippen LogP contribution in [-0.2, 0) is 17.1 Å². The van der Waals surface area contributed by atoms with Gasteiger partial charge in [-0.15, -0.1) is 0 Å². The minimum absolute atomic E-state index is 0.0163. The van der Waals surface area contributed by atoms with Gasteiger partial charge in [0, 0.05) is 16.8 Å². The molecular weight excluding hydrogens is 699 g/mol. The molecule has 2 fully saturated rings. The normalized spacial score (nSPS) is 20.5. The van der Waals surface area contributed by atoms with E-state index in [0.717, 1.165) is 11.0 Å². The molecule has 17 heteroatoms. The first kappa shape index (κ1) is 35.6. The van der Waals surface area contributed by atoms with E-state index in [1.54, 1.807) is 6.92 Å². The van der Waals surface area contributed by atoms with Gasteiger partial charge in [0.05, 0.1) is 48.9 Å². The molecule has 3 aromatic carbocycles. The summed E-state index contributed by atoms with van der Waals surface area (Å²) in [6.07, 6.45) is -12.9. The van der Waals surface area contributed by atoms with Gasteiger partial charge in [-0.1, -0.05) is 12.1 Å². The summed E-state index contributed by atoms with van der Waals surface area (Å²) >= 11 is 0. The van der Waals surface area contributed by atoms with E-state index >= 15 is 4.39 Å². The van der Waals surface area contributed by atoms with Crippen LogP contribution in [0.1, 0.15) is 51.2 Å². The molecule has 3 aromatic rings. The first-order chi connectivity index (χ1) is 23.7. The molecule has 2 N–H and O–H groups in total. The van der Waals surface area contributed by atoms with Gasteiger partial charge < -0.3 is 20.1 Å². The highest BCUT2D eigenvalue weighted by Gasteiger charge is 2.47. The van der Waals surface area contributed by atoms with Gasteiger partial charge in [-0.05, 0) is 78.6 Å². The van der Waals surface area contributed by atoms with Crippen LogP contribution >= 0.6 is 0 Å². The number of cyclic esters (lactones) is 1. The number of alkyl halides is 8. The second kappa shape index (κ2) is 12.5. The van der Waals surface area contributed by atoms with Crippen LogP contribution in [0.3, 0.4) is 0 Å². The van der Waals surface area contributed by atoms with Gasteiger partial charge in [0.2, 0.25) is 0 Å². The summed E-state index contributed by atoms with van der Waals surface area (Å²) in [6.45, 7) is 1.13. The zero-order chi connectivity index (χ0) is 37.2. The Kier molecular flexibility index (Phi) is 8.74. The number of hydrogen-bond donors (Lipinski definition) is 2. The van der Waals surface area contributed by atoms with Gasteiger partial charge >= 0.3 is 24.4 Å². The lowest BCUT2D eigenvalue weighted by atomic mass is 9.93. The third-order valence-corrected chi connectivity index (χ3v) is 8.90. The van der Waals surface area contributed by atoms with Crippen molar-refractivity contribution in [3.05, 3.63) is 99.5 Å². The van der Waals surface area contributed by atoms with Crippen molar-refractivity contribution >= 4 is 23.6 Å². The predicted molar refractivity (Wildman–Crippen MR) is 164 cm³/mol. The van der Waals surface area contributed by atoms with Crippen molar-refractivity contribution in [2.75, 3.05) is 26.2 Å². The molecule has 3 aliphatic rings. The molecule has 51 heavy (non-hydrogen) atoms. The molecule has 0 saturated carbocycles.